The fraction of sp³-hybridized carbons (Fsp3) is 0.421. The van der Waals surface area contributed by atoms with Gasteiger partial charge >= 0.3 is 0 Å². The standard InChI is InChI=1S/C19H26N2OS/c1-13(2)15-7-9-16(10-8-15)18(17-6-5-11-23-17)21-19(22)14(3)12-20-4/h5-11,13-14,18,20H,12H2,1-4H3,(H,21,22). The first-order chi connectivity index (χ1) is 11.0. The van der Waals surface area contributed by atoms with Gasteiger partial charge in [-0.1, -0.05) is 51.1 Å². The van der Waals surface area contributed by atoms with Gasteiger partial charge in [-0.05, 0) is 35.5 Å². The average Bonchev–Trinajstić information content (AvgIpc) is 3.06. The Morgan fingerprint density at radius 1 is 1.09 bits per heavy atom. The maximum Gasteiger partial charge on any atom is 0.224 e. The highest BCUT2D eigenvalue weighted by atomic mass is 32.1. The first-order valence-corrected chi connectivity index (χ1v) is 8.99. The van der Waals surface area contributed by atoms with Gasteiger partial charge in [0.15, 0.2) is 0 Å². The lowest BCUT2D eigenvalue weighted by Gasteiger charge is -2.21. The second-order valence-corrected chi connectivity index (χ2v) is 7.22. The number of benzene rings is 1. The number of rotatable bonds is 7. The molecule has 0 aliphatic carbocycles. The Balaban J connectivity index is 2.23. The minimum absolute atomic E-state index is 0.0580. The Labute approximate surface area is 143 Å². The first kappa shape index (κ1) is 17.7. The van der Waals surface area contributed by atoms with Crippen molar-refractivity contribution in [2.24, 2.45) is 5.92 Å². The maximum absolute atomic E-state index is 12.4. The van der Waals surface area contributed by atoms with E-state index in [1.165, 1.54) is 5.56 Å². The van der Waals surface area contributed by atoms with Crippen LogP contribution in [0.2, 0.25) is 0 Å². The molecule has 124 valence electrons. The summed E-state index contributed by atoms with van der Waals surface area (Å²) < 4.78 is 0. The summed E-state index contributed by atoms with van der Waals surface area (Å²) >= 11 is 1.67. The van der Waals surface area contributed by atoms with Crippen LogP contribution in [0.1, 0.15) is 48.7 Å². The van der Waals surface area contributed by atoms with E-state index in [0.717, 1.165) is 10.4 Å². The highest BCUT2D eigenvalue weighted by Gasteiger charge is 2.21. The largest absolute Gasteiger partial charge is 0.344 e. The van der Waals surface area contributed by atoms with Crippen LogP contribution in [0.4, 0.5) is 0 Å². The molecular weight excluding hydrogens is 304 g/mol. The van der Waals surface area contributed by atoms with Gasteiger partial charge in [0.25, 0.3) is 0 Å². The van der Waals surface area contributed by atoms with Gasteiger partial charge in [0.2, 0.25) is 5.91 Å². The van der Waals surface area contributed by atoms with Crippen molar-refractivity contribution in [1.29, 1.82) is 0 Å². The zero-order valence-corrected chi connectivity index (χ0v) is 15.1. The van der Waals surface area contributed by atoms with Crippen molar-refractivity contribution in [3.8, 4) is 0 Å². The molecule has 0 aliphatic heterocycles. The molecule has 23 heavy (non-hydrogen) atoms. The lowest BCUT2D eigenvalue weighted by molar-refractivity contribution is -0.124. The Morgan fingerprint density at radius 2 is 1.74 bits per heavy atom. The van der Waals surface area contributed by atoms with E-state index in [4.69, 9.17) is 0 Å². The van der Waals surface area contributed by atoms with Gasteiger partial charge in [0.1, 0.15) is 0 Å². The van der Waals surface area contributed by atoms with Crippen LogP contribution >= 0.6 is 11.3 Å². The molecule has 2 rings (SSSR count). The summed E-state index contributed by atoms with van der Waals surface area (Å²) in [7, 11) is 1.87. The molecule has 1 aromatic carbocycles. The Bertz CT molecular complexity index is 605. The van der Waals surface area contributed by atoms with Gasteiger partial charge < -0.3 is 10.6 Å². The van der Waals surface area contributed by atoms with Crippen molar-refractivity contribution in [2.75, 3.05) is 13.6 Å². The van der Waals surface area contributed by atoms with E-state index in [9.17, 15) is 4.79 Å². The summed E-state index contributed by atoms with van der Waals surface area (Å²) in [5, 5.41) is 8.31. The topological polar surface area (TPSA) is 41.1 Å². The molecule has 3 nitrogen and oxygen atoms in total. The molecule has 4 heteroatoms. The monoisotopic (exact) mass is 330 g/mol. The van der Waals surface area contributed by atoms with Crippen LogP contribution in [0.5, 0.6) is 0 Å². The SMILES string of the molecule is CNCC(C)C(=O)NC(c1ccc(C(C)C)cc1)c1cccs1. The third kappa shape index (κ3) is 4.66. The molecule has 2 unspecified atom stereocenters. The Hall–Kier alpha value is -1.65. The zero-order valence-electron chi connectivity index (χ0n) is 14.3. The van der Waals surface area contributed by atoms with Gasteiger partial charge in [-0.25, -0.2) is 0 Å². The van der Waals surface area contributed by atoms with E-state index < -0.39 is 0 Å². The molecule has 0 radical (unpaired) electrons. The van der Waals surface area contributed by atoms with Gasteiger partial charge in [0, 0.05) is 17.3 Å². The van der Waals surface area contributed by atoms with Crippen molar-refractivity contribution in [1.82, 2.24) is 10.6 Å². The molecule has 2 atom stereocenters. The van der Waals surface area contributed by atoms with Crippen LogP contribution in [-0.4, -0.2) is 19.5 Å². The molecule has 0 bridgehead atoms. The van der Waals surface area contributed by atoms with Crippen molar-refractivity contribution in [2.45, 2.75) is 32.7 Å². The number of carbonyl (C=O) groups excluding carboxylic acids is 1. The van der Waals surface area contributed by atoms with Crippen molar-refractivity contribution >= 4 is 17.2 Å². The predicted molar refractivity (Wildman–Crippen MR) is 97.9 cm³/mol. The third-order valence-corrected chi connectivity index (χ3v) is 4.95. The average molecular weight is 330 g/mol. The second kappa shape index (κ2) is 8.27. The minimum Gasteiger partial charge on any atom is -0.344 e. The number of carbonyl (C=O) groups is 1. The predicted octanol–water partition coefficient (Wildman–Crippen LogP) is 3.93. The molecule has 1 aromatic heterocycles. The van der Waals surface area contributed by atoms with Crippen LogP contribution < -0.4 is 10.6 Å². The lowest BCUT2D eigenvalue weighted by atomic mass is 9.98. The molecule has 2 aromatic rings. The number of hydrogen-bond acceptors (Lipinski definition) is 3. The van der Waals surface area contributed by atoms with Gasteiger partial charge in [-0.3, -0.25) is 4.79 Å². The highest BCUT2D eigenvalue weighted by Crippen LogP contribution is 2.27. The van der Waals surface area contributed by atoms with Crippen molar-refractivity contribution in [3.63, 3.8) is 0 Å². The summed E-state index contributed by atoms with van der Waals surface area (Å²) in [4.78, 5) is 13.6. The van der Waals surface area contributed by atoms with Crippen LogP contribution in [0.15, 0.2) is 41.8 Å². The van der Waals surface area contributed by atoms with E-state index >= 15 is 0 Å². The van der Waals surface area contributed by atoms with E-state index in [1.54, 1.807) is 11.3 Å². The highest BCUT2D eigenvalue weighted by molar-refractivity contribution is 7.10. The van der Waals surface area contributed by atoms with E-state index in [-0.39, 0.29) is 17.9 Å². The Kier molecular flexibility index (Phi) is 6.37. The minimum atomic E-state index is -0.0805. The number of nitrogens with one attached hydrogen (secondary N) is 2. The van der Waals surface area contributed by atoms with Crippen LogP contribution in [0.3, 0.4) is 0 Å². The molecular formula is C19H26N2OS. The third-order valence-electron chi connectivity index (χ3n) is 4.01. The summed E-state index contributed by atoms with van der Waals surface area (Å²) in [5.74, 6) is 0.526. The van der Waals surface area contributed by atoms with Crippen molar-refractivity contribution in [3.05, 3.63) is 57.8 Å². The quantitative estimate of drug-likeness (QED) is 0.807. The molecule has 0 saturated carbocycles. The molecule has 0 spiro atoms. The summed E-state index contributed by atoms with van der Waals surface area (Å²) in [6, 6.07) is 12.6. The molecule has 0 fully saturated rings. The van der Waals surface area contributed by atoms with Gasteiger partial charge in [-0.15, -0.1) is 11.3 Å². The summed E-state index contributed by atoms with van der Waals surface area (Å²) in [6.45, 7) is 6.99. The molecule has 0 saturated heterocycles. The molecule has 1 amide bonds. The van der Waals surface area contributed by atoms with Crippen LogP contribution in [-0.2, 0) is 4.79 Å². The fourth-order valence-corrected chi connectivity index (χ4v) is 3.33. The number of thiophene rings is 1. The second-order valence-electron chi connectivity index (χ2n) is 6.24. The molecule has 1 heterocycles. The molecule has 2 N–H and O–H groups in total. The molecule has 0 aliphatic rings. The number of amides is 1. The van der Waals surface area contributed by atoms with Crippen molar-refractivity contribution < 1.29 is 4.79 Å². The van der Waals surface area contributed by atoms with E-state index in [0.29, 0.717) is 12.5 Å². The summed E-state index contributed by atoms with van der Waals surface area (Å²) in [5.41, 5.74) is 2.44. The first-order valence-electron chi connectivity index (χ1n) is 8.11. The summed E-state index contributed by atoms with van der Waals surface area (Å²) in [6.07, 6.45) is 0. The Morgan fingerprint density at radius 3 is 2.26 bits per heavy atom. The lowest BCUT2D eigenvalue weighted by Crippen LogP contribution is -2.36. The normalized spacial score (nSPS) is 13.8. The maximum atomic E-state index is 12.4. The smallest absolute Gasteiger partial charge is 0.224 e. The number of hydrogen-bond donors (Lipinski definition) is 2. The fourth-order valence-electron chi connectivity index (χ4n) is 2.53. The van der Waals surface area contributed by atoms with Crippen LogP contribution in [0, 0.1) is 5.92 Å². The van der Waals surface area contributed by atoms with Gasteiger partial charge in [0.05, 0.1) is 6.04 Å². The van der Waals surface area contributed by atoms with Crippen LogP contribution in [0.25, 0.3) is 0 Å². The van der Waals surface area contributed by atoms with E-state index in [2.05, 4.69) is 54.8 Å². The zero-order chi connectivity index (χ0) is 16.8. The van der Waals surface area contributed by atoms with Gasteiger partial charge in [-0.2, -0.15) is 0 Å². The van der Waals surface area contributed by atoms with E-state index in [1.807, 2.05) is 25.4 Å².